The van der Waals surface area contributed by atoms with Crippen LogP contribution < -0.4 is 5.32 Å². The minimum absolute atomic E-state index is 0.0152. The Morgan fingerprint density at radius 3 is 2.95 bits per heavy atom. The topological polar surface area (TPSA) is 62.2 Å². The summed E-state index contributed by atoms with van der Waals surface area (Å²) in [7, 11) is 0. The van der Waals surface area contributed by atoms with Crippen LogP contribution in [0.25, 0.3) is 10.8 Å². The second-order valence-electron chi connectivity index (χ2n) is 5.05. The zero-order chi connectivity index (χ0) is 13.9. The van der Waals surface area contributed by atoms with Gasteiger partial charge in [0.05, 0.1) is 5.56 Å². The molecule has 0 fully saturated rings. The molecule has 3 rings (SSSR count). The van der Waals surface area contributed by atoms with Gasteiger partial charge in [-0.05, 0) is 11.8 Å². The van der Waals surface area contributed by atoms with E-state index in [1.165, 1.54) is 0 Å². The molecule has 0 spiro atoms. The van der Waals surface area contributed by atoms with Crippen LogP contribution in [-0.4, -0.2) is 28.6 Å². The fraction of sp³-hybridized carbons (Fsp3) is 0.250. The second kappa shape index (κ2) is 5.43. The summed E-state index contributed by atoms with van der Waals surface area (Å²) in [6.07, 6.45) is 7.99. The van der Waals surface area contributed by atoms with Crippen LogP contribution in [0, 0.1) is 5.92 Å². The molecule has 1 aliphatic carbocycles. The Morgan fingerprint density at radius 2 is 2.15 bits per heavy atom. The number of pyridine rings is 1. The Balaban J connectivity index is 1.81. The Kier molecular flexibility index (Phi) is 3.48. The number of aliphatic hydroxyl groups excluding tert-OH is 1. The summed E-state index contributed by atoms with van der Waals surface area (Å²) in [4.78, 5) is 16.5. The van der Waals surface area contributed by atoms with E-state index in [0.29, 0.717) is 5.56 Å². The van der Waals surface area contributed by atoms with Gasteiger partial charge in [-0.2, -0.15) is 0 Å². The number of fused-ring (bicyclic) bond motifs is 1. The Morgan fingerprint density at radius 1 is 1.30 bits per heavy atom. The van der Waals surface area contributed by atoms with Gasteiger partial charge in [0.25, 0.3) is 5.91 Å². The number of hydrogen-bond acceptors (Lipinski definition) is 3. The highest BCUT2D eigenvalue weighted by molar-refractivity contribution is 6.06. The van der Waals surface area contributed by atoms with Crippen molar-refractivity contribution in [2.24, 2.45) is 5.92 Å². The highest BCUT2D eigenvalue weighted by Gasteiger charge is 2.21. The van der Waals surface area contributed by atoms with Crippen molar-refractivity contribution in [1.29, 1.82) is 0 Å². The van der Waals surface area contributed by atoms with E-state index >= 15 is 0 Å². The fourth-order valence-corrected chi connectivity index (χ4v) is 2.56. The SMILES string of the molecule is O=C(N[C@@H]1C=C[C@H](CO)C1)c1cncc2ccccc12. The quantitative estimate of drug-likeness (QED) is 0.836. The molecule has 2 atom stereocenters. The number of hydrogen-bond donors (Lipinski definition) is 2. The van der Waals surface area contributed by atoms with Crippen LogP contribution in [0.2, 0.25) is 0 Å². The van der Waals surface area contributed by atoms with Crippen LogP contribution >= 0.6 is 0 Å². The molecule has 0 unspecified atom stereocenters. The van der Waals surface area contributed by atoms with E-state index in [2.05, 4.69) is 10.3 Å². The molecule has 0 bridgehead atoms. The maximum Gasteiger partial charge on any atom is 0.253 e. The van der Waals surface area contributed by atoms with Gasteiger partial charge < -0.3 is 10.4 Å². The van der Waals surface area contributed by atoms with Crippen molar-refractivity contribution in [2.45, 2.75) is 12.5 Å². The van der Waals surface area contributed by atoms with Crippen molar-refractivity contribution in [3.05, 3.63) is 54.4 Å². The zero-order valence-corrected chi connectivity index (χ0v) is 11.0. The molecule has 0 saturated carbocycles. The van der Waals surface area contributed by atoms with Crippen LogP contribution in [0.4, 0.5) is 0 Å². The van der Waals surface area contributed by atoms with Gasteiger partial charge in [0, 0.05) is 36.3 Å². The number of rotatable bonds is 3. The Bertz CT molecular complexity index is 661. The molecule has 1 heterocycles. The summed E-state index contributed by atoms with van der Waals surface area (Å²) in [6, 6.07) is 7.69. The second-order valence-corrected chi connectivity index (χ2v) is 5.05. The molecular weight excluding hydrogens is 252 g/mol. The molecule has 20 heavy (non-hydrogen) atoms. The minimum Gasteiger partial charge on any atom is -0.396 e. The van der Waals surface area contributed by atoms with Crippen LogP contribution in [0.15, 0.2) is 48.8 Å². The lowest BCUT2D eigenvalue weighted by molar-refractivity contribution is 0.0942. The first-order chi connectivity index (χ1) is 9.78. The molecule has 4 nitrogen and oxygen atoms in total. The molecule has 0 saturated heterocycles. The third-order valence-corrected chi connectivity index (χ3v) is 3.64. The fourth-order valence-electron chi connectivity index (χ4n) is 2.56. The maximum atomic E-state index is 12.4. The number of carbonyl (C=O) groups excluding carboxylic acids is 1. The van der Waals surface area contributed by atoms with Gasteiger partial charge in [0.15, 0.2) is 0 Å². The molecular formula is C16H16N2O2. The minimum atomic E-state index is -0.123. The first kappa shape index (κ1) is 12.8. The predicted molar refractivity (Wildman–Crippen MR) is 77.3 cm³/mol. The van der Waals surface area contributed by atoms with Gasteiger partial charge in [0.2, 0.25) is 0 Å². The first-order valence-corrected chi connectivity index (χ1v) is 6.70. The summed E-state index contributed by atoms with van der Waals surface area (Å²) in [5.41, 5.74) is 0.587. The van der Waals surface area contributed by atoms with E-state index in [9.17, 15) is 4.79 Å². The molecule has 4 heteroatoms. The molecule has 102 valence electrons. The predicted octanol–water partition coefficient (Wildman–Crippen LogP) is 1.90. The van der Waals surface area contributed by atoms with E-state index in [1.54, 1.807) is 12.4 Å². The third-order valence-electron chi connectivity index (χ3n) is 3.64. The molecule has 0 radical (unpaired) electrons. The highest BCUT2D eigenvalue weighted by atomic mass is 16.3. The average molecular weight is 268 g/mol. The molecule has 2 N–H and O–H groups in total. The van der Waals surface area contributed by atoms with Crippen LogP contribution in [-0.2, 0) is 0 Å². The first-order valence-electron chi connectivity index (χ1n) is 6.70. The van der Waals surface area contributed by atoms with Gasteiger partial charge in [-0.25, -0.2) is 0 Å². The summed E-state index contributed by atoms with van der Waals surface area (Å²) in [5, 5.41) is 13.9. The van der Waals surface area contributed by atoms with Gasteiger partial charge >= 0.3 is 0 Å². The molecule has 0 aliphatic heterocycles. The number of nitrogens with one attached hydrogen (secondary N) is 1. The van der Waals surface area contributed by atoms with Crippen molar-refractivity contribution in [3.63, 3.8) is 0 Å². The van der Waals surface area contributed by atoms with Crippen molar-refractivity contribution in [2.75, 3.05) is 6.61 Å². The van der Waals surface area contributed by atoms with Gasteiger partial charge in [-0.3, -0.25) is 9.78 Å². The number of aromatic nitrogens is 1. The molecule has 2 aromatic rings. The number of benzene rings is 1. The normalized spacial score (nSPS) is 21.2. The maximum absolute atomic E-state index is 12.4. The largest absolute Gasteiger partial charge is 0.396 e. The van der Waals surface area contributed by atoms with Crippen molar-refractivity contribution in [3.8, 4) is 0 Å². The Labute approximate surface area is 117 Å². The van der Waals surface area contributed by atoms with Crippen LogP contribution in [0.1, 0.15) is 16.8 Å². The van der Waals surface area contributed by atoms with Crippen LogP contribution in [0.5, 0.6) is 0 Å². The molecule has 1 aliphatic rings. The lowest BCUT2D eigenvalue weighted by atomic mass is 10.1. The third kappa shape index (κ3) is 2.42. The zero-order valence-electron chi connectivity index (χ0n) is 11.0. The lowest BCUT2D eigenvalue weighted by Crippen LogP contribution is -2.33. The van der Waals surface area contributed by atoms with E-state index < -0.39 is 0 Å². The summed E-state index contributed by atoms with van der Waals surface area (Å²) in [6.45, 7) is 0.124. The average Bonchev–Trinajstić information content (AvgIpc) is 2.94. The van der Waals surface area contributed by atoms with E-state index in [4.69, 9.17) is 5.11 Å². The smallest absolute Gasteiger partial charge is 0.253 e. The van der Waals surface area contributed by atoms with Gasteiger partial charge in [-0.1, -0.05) is 36.4 Å². The van der Waals surface area contributed by atoms with E-state index in [1.807, 2.05) is 36.4 Å². The molecule has 1 aromatic carbocycles. The highest BCUT2D eigenvalue weighted by Crippen LogP contribution is 2.20. The molecule has 1 aromatic heterocycles. The van der Waals surface area contributed by atoms with Crippen molar-refractivity contribution in [1.82, 2.24) is 10.3 Å². The van der Waals surface area contributed by atoms with Crippen LogP contribution in [0.3, 0.4) is 0 Å². The van der Waals surface area contributed by atoms with Gasteiger partial charge in [0.1, 0.15) is 0 Å². The van der Waals surface area contributed by atoms with Crippen molar-refractivity contribution >= 4 is 16.7 Å². The van der Waals surface area contributed by atoms with E-state index in [0.717, 1.165) is 17.2 Å². The summed E-state index contributed by atoms with van der Waals surface area (Å²) >= 11 is 0. The monoisotopic (exact) mass is 268 g/mol. The summed E-state index contributed by atoms with van der Waals surface area (Å²) < 4.78 is 0. The van der Waals surface area contributed by atoms with Crippen molar-refractivity contribution < 1.29 is 9.90 Å². The summed E-state index contributed by atoms with van der Waals surface area (Å²) in [5.74, 6) is 0.0217. The van der Waals surface area contributed by atoms with E-state index in [-0.39, 0.29) is 24.5 Å². The number of amides is 1. The standard InChI is InChI=1S/C16H16N2O2/c19-10-11-5-6-13(7-11)18-16(20)15-9-17-8-12-3-1-2-4-14(12)15/h1-6,8-9,11,13,19H,7,10H2,(H,18,20)/t11-,13+/m0/s1. The number of nitrogens with zero attached hydrogens (tertiary/aromatic N) is 1. The number of carbonyl (C=O) groups is 1. The molecule has 1 amide bonds. The lowest BCUT2D eigenvalue weighted by Gasteiger charge is -2.13. The number of aliphatic hydroxyl groups is 1. The van der Waals surface area contributed by atoms with Gasteiger partial charge in [-0.15, -0.1) is 0 Å². The Hall–Kier alpha value is -2.20.